The molecule has 3 rings (SSSR count). The first-order chi connectivity index (χ1) is 11.5. The summed E-state index contributed by atoms with van der Waals surface area (Å²) < 4.78 is 31.1. The number of pyridine rings is 1. The number of rotatable bonds is 6. The van der Waals surface area contributed by atoms with Crippen LogP contribution in [-0.2, 0) is 16.6 Å². The van der Waals surface area contributed by atoms with E-state index in [1.165, 1.54) is 6.26 Å². The average molecular weight is 347 g/mol. The number of ether oxygens (including phenoxy) is 1. The van der Waals surface area contributed by atoms with Gasteiger partial charge in [0, 0.05) is 37.9 Å². The molecule has 0 saturated carbocycles. The van der Waals surface area contributed by atoms with Crippen LogP contribution in [0, 0.1) is 0 Å². The van der Waals surface area contributed by atoms with E-state index in [2.05, 4.69) is 14.6 Å². The maximum absolute atomic E-state index is 11.3. The summed E-state index contributed by atoms with van der Waals surface area (Å²) in [6.45, 7) is 2.36. The van der Waals surface area contributed by atoms with E-state index < -0.39 is 10.0 Å². The second kappa shape index (κ2) is 7.29. The van der Waals surface area contributed by atoms with Gasteiger partial charge in [-0.25, -0.2) is 18.1 Å². The zero-order chi connectivity index (χ0) is 17.0. The minimum atomic E-state index is -3.15. The average Bonchev–Trinajstić information content (AvgIpc) is 2.93. The molecule has 1 atom stereocenters. The Hall–Kier alpha value is -1.96. The lowest BCUT2D eigenvalue weighted by Gasteiger charge is -2.16. The van der Waals surface area contributed by atoms with E-state index in [0.29, 0.717) is 5.88 Å². The first-order valence-electron chi connectivity index (χ1n) is 7.85. The van der Waals surface area contributed by atoms with Crippen LogP contribution in [0.2, 0.25) is 0 Å². The zero-order valence-electron chi connectivity index (χ0n) is 13.6. The molecule has 1 aromatic carbocycles. The molecule has 0 bridgehead atoms. The molecule has 1 N–H and O–H groups in total. The fourth-order valence-electron chi connectivity index (χ4n) is 2.87. The Balaban J connectivity index is 1.59. The van der Waals surface area contributed by atoms with E-state index in [4.69, 9.17) is 4.74 Å². The maximum atomic E-state index is 11.3. The lowest BCUT2D eigenvalue weighted by atomic mass is 10.2. The van der Waals surface area contributed by atoms with Gasteiger partial charge in [0.25, 0.3) is 0 Å². The lowest BCUT2D eigenvalue weighted by Crippen LogP contribution is -2.36. The number of hydrogen-bond acceptors (Lipinski definition) is 5. The second-order valence-corrected chi connectivity index (χ2v) is 7.81. The molecule has 1 aliphatic rings. The summed E-state index contributed by atoms with van der Waals surface area (Å²) in [7, 11) is -3.15. The van der Waals surface area contributed by atoms with Crippen molar-refractivity contribution in [2.75, 3.05) is 19.3 Å². The third kappa shape index (κ3) is 5.02. The first kappa shape index (κ1) is 16.9. The van der Waals surface area contributed by atoms with Crippen LogP contribution >= 0.6 is 0 Å². The normalized spacial score (nSPS) is 18.6. The van der Waals surface area contributed by atoms with Crippen LogP contribution in [0.4, 0.5) is 0 Å². The Morgan fingerprint density at radius 1 is 1.29 bits per heavy atom. The molecule has 0 aliphatic carbocycles. The highest BCUT2D eigenvalue weighted by Crippen LogP contribution is 2.22. The second-order valence-electron chi connectivity index (χ2n) is 6.03. The summed E-state index contributed by atoms with van der Waals surface area (Å²) in [6, 6.07) is 13.4. The van der Waals surface area contributed by atoms with Gasteiger partial charge in [-0.15, -0.1) is 0 Å². The van der Waals surface area contributed by atoms with Crippen molar-refractivity contribution >= 4 is 10.0 Å². The molecule has 1 saturated heterocycles. The Labute approximate surface area is 142 Å². The van der Waals surface area contributed by atoms with Gasteiger partial charge in [-0.2, -0.15) is 0 Å². The topological polar surface area (TPSA) is 71.5 Å². The summed E-state index contributed by atoms with van der Waals surface area (Å²) in [6.07, 6.45) is 3.73. The fourth-order valence-corrected chi connectivity index (χ4v) is 3.67. The molecule has 1 aliphatic heterocycles. The summed E-state index contributed by atoms with van der Waals surface area (Å²) in [5, 5.41) is 0. The monoisotopic (exact) mass is 347 g/mol. The summed E-state index contributed by atoms with van der Waals surface area (Å²) in [5.74, 6) is 1.31. The van der Waals surface area contributed by atoms with Gasteiger partial charge in [-0.1, -0.05) is 18.2 Å². The largest absolute Gasteiger partial charge is 0.439 e. The number of nitrogens with zero attached hydrogens (tertiary/aromatic N) is 2. The van der Waals surface area contributed by atoms with E-state index in [1.807, 2.05) is 42.5 Å². The van der Waals surface area contributed by atoms with Crippen molar-refractivity contribution < 1.29 is 13.2 Å². The van der Waals surface area contributed by atoms with E-state index in [9.17, 15) is 8.42 Å². The molecule has 1 aromatic heterocycles. The van der Waals surface area contributed by atoms with Gasteiger partial charge in [0.15, 0.2) is 0 Å². The number of hydrogen-bond donors (Lipinski definition) is 1. The van der Waals surface area contributed by atoms with Gasteiger partial charge in [-0.05, 0) is 30.2 Å². The maximum Gasteiger partial charge on any atom is 0.219 e. The van der Waals surface area contributed by atoms with Crippen molar-refractivity contribution in [3.8, 4) is 11.6 Å². The molecule has 7 heteroatoms. The SMILES string of the molecule is CS(=O)(=O)NC1CCN(Cc2cccc(Oc3ccccn3)c2)C1. The molecule has 1 fully saturated rings. The molecular weight excluding hydrogens is 326 g/mol. The summed E-state index contributed by atoms with van der Waals surface area (Å²) in [4.78, 5) is 6.39. The molecule has 0 radical (unpaired) electrons. The van der Waals surface area contributed by atoms with Gasteiger partial charge in [0.2, 0.25) is 15.9 Å². The van der Waals surface area contributed by atoms with E-state index in [0.717, 1.165) is 37.4 Å². The smallest absolute Gasteiger partial charge is 0.219 e. The molecule has 24 heavy (non-hydrogen) atoms. The predicted octanol–water partition coefficient (Wildman–Crippen LogP) is 2.00. The highest BCUT2D eigenvalue weighted by molar-refractivity contribution is 7.88. The van der Waals surface area contributed by atoms with Crippen molar-refractivity contribution in [3.63, 3.8) is 0 Å². The molecule has 2 heterocycles. The molecule has 0 spiro atoms. The van der Waals surface area contributed by atoms with Gasteiger partial charge in [0.1, 0.15) is 5.75 Å². The summed E-state index contributed by atoms with van der Waals surface area (Å²) in [5.41, 5.74) is 1.13. The van der Waals surface area contributed by atoms with Gasteiger partial charge >= 0.3 is 0 Å². The fraction of sp³-hybridized carbons (Fsp3) is 0.353. The standard InChI is InChI=1S/C17H21N3O3S/c1-24(21,22)19-15-8-10-20(13-15)12-14-5-4-6-16(11-14)23-17-7-2-3-9-18-17/h2-7,9,11,15,19H,8,10,12-13H2,1H3. The highest BCUT2D eigenvalue weighted by Gasteiger charge is 2.24. The number of nitrogens with one attached hydrogen (secondary N) is 1. The van der Waals surface area contributed by atoms with Crippen molar-refractivity contribution in [2.24, 2.45) is 0 Å². The van der Waals surface area contributed by atoms with E-state index in [-0.39, 0.29) is 6.04 Å². The van der Waals surface area contributed by atoms with Crippen LogP contribution < -0.4 is 9.46 Å². The van der Waals surface area contributed by atoms with Crippen LogP contribution in [-0.4, -0.2) is 43.7 Å². The van der Waals surface area contributed by atoms with Crippen LogP contribution in [0.5, 0.6) is 11.6 Å². The first-order valence-corrected chi connectivity index (χ1v) is 9.74. The quantitative estimate of drug-likeness (QED) is 0.865. The number of aromatic nitrogens is 1. The van der Waals surface area contributed by atoms with E-state index in [1.54, 1.807) is 6.20 Å². The highest BCUT2D eigenvalue weighted by atomic mass is 32.2. The third-order valence-electron chi connectivity index (χ3n) is 3.82. The Morgan fingerprint density at radius 2 is 2.17 bits per heavy atom. The van der Waals surface area contributed by atoms with Gasteiger partial charge < -0.3 is 4.74 Å². The van der Waals surface area contributed by atoms with Gasteiger partial charge in [-0.3, -0.25) is 4.90 Å². The van der Waals surface area contributed by atoms with Crippen LogP contribution in [0.3, 0.4) is 0 Å². The summed E-state index contributed by atoms with van der Waals surface area (Å²) >= 11 is 0. The number of benzene rings is 1. The Bertz CT molecular complexity index is 781. The molecule has 1 unspecified atom stereocenters. The van der Waals surface area contributed by atoms with Crippen LogP contribution in [0.25, 0.3) is 0 Å². The van der Waals surface area contributed by atoms with Crippen LogP contribution in [0.1, 0.15) is 12.0 Å². The van der Waals surface area contributed by atoms with Crippen LogP contribution in [0.15, 0.2) is 48.7 Å². The molecule has 128 valence electrons. The van der Waals surface area contributed by atoms with Crippen molar-refractivity contribution in [1.29, 1.82) is 0 Å². The zero-order valence-corrected chi connectivity index (χ0v) is 14.4. The van der Waals surface area contributed by atoms with Crippen molar-refractivity contribution in [3.05, 3.63) is 54.2 Å². The molecule has 6 nitrogen and oxygen atoms in total. The van der Waals surface area contributed by atoms with E-state index >= 15 is 0 Å². The van der Waals surface area contributed by atoms with Crippen molar-refractivity contribution in [1.82, 2.24) is 14.6 Å². The molecule has 2 aromatic rings. The molecular formula is C17H21N3O3S. The molecule has 0 amide bonds. The minimum absolute atomic E-state index is 0.00653. The predicted molar refractivity (Wildman–Crippen MR) is 92.4 cm³/mol. The Kier molecular flexibility index (Phi) is 5.13. The third-order valence-corrected chi connectivity index (χ3v) is 4.58. The minimum Gasteiger partial charge on any atom is -0.439 e. The number of likely N-dealkylation sites (tertiary alicyclic amines) is 1. The number of sulfonamides is 1. The Morgan fingerprint density at radius 3 is 2.92 bits per heavy atom. The lowest BCUT2D eigenvalue weighted by molar-refractivity contribution is 0.324. The van der Waals surface area contributed by atoms with Gasteiger partial charge in [0.05, 0.1) is 6.26 Å². The van der Waals surface area contributed by atoms with Crippen molar-refractivity contribution in [2.45, 2.75) is 19.0 Å².